The summed E-state index contributed by atoms with van der Waals surface area (Å²) in [4.78, 5) is 12.1. The van der Waals surface area contributed by atoms with Gasteiger partial charge in [0.1, 0.15) is 11.6 Å². The molecule has 4 heteroatoms. The molecule has 3 unspecified atom stereocenters. The van der Waals surface area contributed by atoms with E-state index in [1.807, 2.05) is 0 Å². The van der Waals surface area contributed by atoms with Crippen molar-refractivity contribution < 1.29 is 13.6 Å². The Morgan fingerprint density at radius 1 is 1.22 bits per heavy atom. The fourth-order valence-corrected chi connectivity index (χ4v) is 3.38. The SMILES string of the molecule is O=C(Nc1ccc(F)cc1F)C1CC2CCC1C2. The molecule has 0 aliphatic heterocycles. The number of nitrogens with one attached hydrogen (secondary N) is 1. The molecule has 0 saturated heterocycles. The van der Waals surface area contributed by atoms with E-state index in [1.54, 1.807) is 0 Å². The van der Waals surface area contributed by atoms with Crippen molar-refractivity contribution in [2.75, 3.05) is 5.32 Å². The van der Waals surface area contributed by atoms with Crippen LogP contribution in [0.3, 0.4) is 0 Å². The van der Waals surface area contributed by atoms with Gasteiger partial charge in [0.05, 0.1) is 5.69 Å². The van der Waals surface area contributed by atoms with Crippen LogP contribution in [0.2, 0.25) is 0 Å². The Hall–Kier alpha value is -1.45. The Morgan fingerprint density at radius 3 is 2.67 bits per heavy atom. The number of carbonyl (C=O) groups is 1. The lowest BCUT2D eigenvalue weighted by Gasteiger charge is -2.20. The molecule has 0 aromatic heterocycles. The van der Waals surface area contributed by atoms with Crippen LogP contribution in [-0.2, 0) is 4.79 Å². The summed E-state index contributed by atoms with van der Waals surface area (Å²) in [6, 6.07) is 3.21. The van der Waals surface area contributed by atoms with Crippen LogP contribution in [-0.4, -0.2) is 5.91 Å². The summed E-state index contributed by atoms with van der Waals surface area (Å²) in [5.41, 5.74) is 0.0733. The number of hydrogen-bond donors (Lipinski definition) is 1. The van der Waals surface area contributed by atoms with Gasteiger partial charge in [-0.2, -0.15) is 0 Å². The van der Waals surface area contributed by atoms with Gasteiger partial charge < -0.3 is 5.32 Å². The number of halogens is 2. The molecule has 1 N–H and O–H groups in total. The molecule has 1 amide bonds. The first-order valence-electron chi connectivity index (χ1n) is 6.39. The average molecular weight is 251 g/mol. The van der Waals surface area contributed by atoms with E-state index in [2.05, 4.69) is 5.32 Å². The molecule has 1 aromatic rings. The van der Waals surface area contributed by atoms with Gasteiger partial charge in [-0.1, -0.05) is 6.42 Å². The molecule has 3 rings (SSSR count). The van der Waals surface area contributed by atoms with Crippen LogP contribution in [0.4, 0.5) is 14.5 Å². The quantitative estimate of drug-likeness (QED) is 0.858. The highest BCUT2D eigenvalue weighted by molar-refractivity contribution is 5.93. The second-order valence-corrected chi connectivity index (χ2v) is 5.39. The zero-order valence-corrected chi connectivity index (χ0v) is 9.96. The smallest absolute Gasteiger partial charge is 0.227 e. The van der Waals surface area contributed by atoms with Gasteiger partial charge in [-0.05, 0) is 43.2 Å². The number of fused-ring (bicyclic) bond motifs is 2. The molecular formula is C14H15F2NO. The van der Waals surface area contributed by atoms with Crippen molar-refractivity contribution in [1.82, 2.24) is 0 Å². The van der Waals surface area contributed by atoms with E-state index in [0.717, 1.165) is 31.4 Å². The van der Waals surface area contributed by atoms with E-state index in [9.17, 15) is 13.6 Å². The van der Waals surface area contributed by atoms with E-state index in [1.165, 1.54) is 12.5 Å². The predicted octanol–water partition coefficient (Wildman–Crippen LogP) is 3.34. The normalized spacial score (nSPS) is 29.6. The van der Waals surface area contributed by atoms with Crippen LogP contribution in [0.15, 0.2) is 18.2 Å². The zero-order valence-electron chi connectivity index (χ0n) is 9.96. The van der Waals surface area contributed by atoms with Crippen molar-refractivity contribution in [3.63, 3.8) is 0 Å². The lowest BCUT2D eigenvalue weighted by atomic mass is 9.88. The molecule has 2 aliphatic carbocycles. The highest BCUT2D eigenvalue weighted by Gasteiger charge is 2.43. The Labute approximate surface area is 104 Å². The Morgan fingerprint density at radius 2 is 2.06 bits per heavy atom. The van der Waals surface area contributed by atoms with Crippen molar-refractivity contribution in [2.45, 2.75) is 25.7 Å². The van der Waals surface area contributed by atoms with E-state index < -0.39 is 11.6 Å². The third-order valence-corrected chi connectivity index (χ3v) is 4.26. The van der Waals surface area contributed by atoms with Crippen LogP contribution in [0.1, 0.15) is 25.7 Å². The molecule has 2 aliphatic rings. The lowest BCUT2D eigenvalue weighted by molar-refractivity contribution is -0.121. The fourth-order valence-electron chi connectivity index (χ4n) is 3.38. The summed E-state index contributed by atoms with van der Waals surface area (Å²) in [6.07, 6.45) is 4.37. The molecule has 2 bridgehead atoms. The van der Waals surface area contributed by atoms with Crippen LogP contribution in [0.25, 0.3) is 0 Å². The molecule has 0 spiro atoms. The number of carbonyl (C=O) groups excluding carboxylic acids is 1. The number of anilines is 1. The molecule has 2 fully saturated rings. The summed E-state index contributed by atoms with van der Waals surface area (Å²) in [5.74, 6) is -0.333. The first kappa shape index (κ1) is 11.6. The second-order valence-electron chi connectivity index (χ2n) is 5.39. The van der Waals surface area contributed by atoms with Gasteiger partial charge in [0.15, 0.2) is 0 Å². The largest absolute Gasteiger partial charge is 0.323 e. The molecular weight excluding hydrogens is 236 g/mol. The lowest BCUT2D eigenvalue weighted by Crippen LogP contribution is -2.27. The fraction of sp³-hybridized carbons (Fsp3) is 0.500. The highest BCUT2D eigenvalue weighted by atomic mass is 19.1. The summed E-state index contributed by atoms with van der Waals surface area (Å²) >= 11 is 0. The molecule has 0 heterocycles. The minimum absolute atomic E-state index is 0.00760. The average Bonchev–Trinajstić information content (AvgIpc) is 2.94. The van der Waals surface area contributed by atoms with Gasteiger partial charge in [0, 0.05) is 12.0 Å². The third-order valence-electron chi connectivity index (χ3n) is 4.26. The monoisotopic (exact) mass is 251 g/mol. The molecule has 18 heavy (non-hydrogen) atoms. The molecule has 3 atom stereocenters. The van der Waals surface area contributed by atoms with Crippen LogP contribution in [0, 0.1) is 29.4 Å². The number of benzene rings is 1. The van der Waals surface area contributed by atoms with Gasteiger partial charge in [0.2, 0.25) is 5.91 Å². The number of rotatable bonds is 2. The first-order valence-corrected chi connectivity index (χ1v) is 6.39. The van der Waals surface area contributed by atoms with Crippen molar-refractivity contribution in [2.24, 2.45) is 17.8 Å². The summed E-state index contributed by atoms with van der Waals surface area (Å²) in [6.45, 7) is 0. The summed E-state index contributed by atoms with van der Waals surface area (Å²) < 4.78 is 26.2. The molecule has 1 aromatic carbocycles. The maximum Gasteiger partial charge on any atom is 0.227 e. The molecule has 0 radical (unpaired) electrons. The minimum Gasteiger partial charge on any atom is -0.323 e. The predicted molar refractivity (Wildman–Crippen MR) is 63.9 cm³/mol. The molecule has 2 saturated carbocycles. The van der Waals surface area contributed by atoms with E-state index in [0.29, 0.717) is 11.8 Å². The molecule has 96 valence electrons. The van der Waals surface area contributed by atoms with Gasteiger partial charge >= 0.3 is 0 Å². The van der Waals surface area contributed by atoms with Crippen molar-refractivity contribution >= 4 is 11.6 Å². The number of amides is 1. The number of hydrogen-bond acceptors (Lipinski definition) is 1. The third kappa shape index (κ3) is 2.00. The van der Waals surface area contributed by atoms with Crippen LogP contribution in [0.5, 0.6) is 0 Å². The maximum absolute atomic E-state index is 13.4. The van der Waals surface area contributed by atoms with Crippen LogP contribution >= 0.6 is 0 Å². The van der Waals surface area contributed by atoms with Gasteiger partial charge in [-0.15, -0.1) is 0 Å². The zero-order chi connectivity index (χ0) is 12.7. The van der Waals surface area contributed by atoms with Gasteiger partial charge in [-0.3, -0.25) is 4.79 Å². The van der Waals surface area contributed by atoms with Crippen molar-refractivity contribution in [1.29, 1.82) is 0 Å². The van der Waals surface area contributed by atoms with E-state index in [4.69, 9.17) is 0 Å². The minimum atomic E-state index is -0.716. The summed E-state index contributed by atoms with van der Waals surface area (Å²) in [5, 5.41) is 2.58. The Kier molecular flexibility index (Phi) is 2.80. The van der Waals surface area contributed by atoms with Gasteiger partial charge in [-0.25, -0.2) is 8.78 Å². The Balaban J connectivity index is 1.71. The molecule has 2 nitrogen and oxygen atoms in total. The Bertz CT molecular complexity index is 489. The van der Waals surface area contributed by atoms with E-state index in [-0.39, 0.29) is 17.5 Å². The topological polar surface area (TPSA) is 29.1 Å². The van der Waals surface area contributed by atoms with Crippen molar-refractivity contribution in [3.05, 3.63) is 29.8 Å². The summed E-state index contributed by atoms with van der Waals surface area (Å²) in [7, 11) is 0. The standard InChI is InChI=1S/C14H15F2NO/c15-10-3-4-13(12(16)7-10)17-14(18)11-6-8-1-2-9(11)5-8/h3-4,7-9,11H,1-2,5-6H2,(H,17,18). The van der Waals surface area contributed by atoms with Gasteiger partial charge in [0.25, 0.3) is 0 Å². The van der Waals surface area contributed by atoms with Crippen LogP contribution < -0.4 is 5.32 Å². The second kappa shape index (κ2) is 4.34. The first-order chi connectivity index (χ1) is 8.63. The maximum atomic E-state index is 13.4. The van der Waals surface area contributed by atoms with E-state index >= 15 is 0 Å². The van der Waals surface area contributed by atoms with Crippen molar-refractivity contribution in [3.8, 4) is 0 Å². The highest BCUT2D eigenvalue weighted by Crippen LogP contribution is 2.48.